The van der Waals surface area contributed by atoms with Crippen molar-refractivity contribution in [1.82, 2.24) is 9.80 Å². The van der Waals surface area contributed by atoms with E-state index in [-0.39, 0.29) is 11.8 Å². The molecule has 2 aromatic carbocycles. The zero-order valence-electron chi connectivity index (χ0n) is 17.9. The van der Waals surface area contributed by atoms with Crippen molar-refractivity contribution in [3.63, 3.8) is 0 Å². The van der Waals surface area contributed by atoms with E-state index in [4.69, 9.17) is 4.74 Å². The number of hydrogen-bond acceptors (Lipinski definition) is 3. The Hall–Kier alpha value is -1.34. The second-order valence-corrected chi connectivity index (χ2v) is 11.2. The number of carbonyl (C=O) groups is 2. The van der Waals surface area contributed by atoms with E-state index in [1.165, 1.54) is 12.1 Å². The van der Waals surface area contributed by atoms with Crippen molar-refractivity contribution in [2.45, 2.75) is 50.5 Å². The van der Waals surface area contributed by atoms with Crippen molar-refractivity contribution in [2.75, 3.05) is 13.1 Å². The van der Waals surface area contributed by atoms with E-state index in [2.05, 4.69) is 45.2 Å². The van der Waals surface area contributed by atoms with Crippen LogP contribution in [-0.2, 0) is 9.53 Å². The molecule has 3 aliphatic heterocycles. The van der Waals surface area contributed by atoms with Crippen LogP contribution in [0.5, 0.6) is 0 Å². The minimum Gasteiger partial charge on any atom is -0.342 e. The van der Waals surface area contributed by atoms with E-state index in [0.29, 0.717) is 49.9 Å². The normalized spacial score (nSPS) is 24.0. The highest BCUT2D eigenvalue weighted by Gasteiger charge is 2.58. The lowest BCUT2D eigenvalue weighted by atomic mass is 9.89. The molecule has 2 amide bonds. The number of benzene rings is 2. The summed E-state index contributed by atoms with van der Waals surface area (Å²) in [6.07, 6.45) is 1.66. The number of likely N-dealkylation sites (tertiary alicyclic amines) is 1. The lowest BCUT2D eigenvalue weighted by molar-refractivity contribution is -0.142. The summed E-state index contributed by atoms with van der Waals surface area (Å²) >= 11 is 4.51. The molecule has 2 atom stereocenters. The summed E-state index contributed by atoms with van der Waals surface area (Å²) in [5.41, 5.74) is 1.21. The molecule has 0 unspecified atom stereocenters. The van der Waals surface area contributed by atoms with Gasteiger partial charge in [-0.15, -0.1) is 0 Å². The van der Waals surface area contributed by atoms with Crippen LogP contribution in [-0.4, -0.2) is 46.5 Å². The number of piperidine rings is 1. The van der Waals surface area contributed by atoms with Gasteiger partial charge in [0, 0.05) is 44.7 Å². The summed E-state index contributed by atoms with van der Waals surface area (Å²) in [4.78, 5) is 30.1. The predicted octanol–water partition coefficient (Wildman–Crippen LogP) is 5.18. The first-order valence-electron chi connectivity index (χ1n) is 10.9. The number of amides is 2. The van der Waals surface area contributed by atoms with Crippen molar-refractivity contribution in [3.05, 3.63) is 65.8 Å². The molecule has 5 nitrogen and oxygen atoms in total. The van der Waals surface area contributed by atoms with Gasteiger partial charge < -0.3 is 14.5 Å². The molecule has 0 bridgehead atoms. The Morgan fingerprint density at radius 1 is 1.06 bits per heavy atom. The summed E-state index contributed by atoms with van der Waals surface area (Å²) in [6.45, 7) is 2.84. The third-order valence-corrected chi connectivity index (χ3v) is 10.2. The fourth-order valence-electron chi connectivity index (χ4n) is 5.24. The molecule has 1 spiro atoms. The molecule has 0 aliphatic carbocycles. The topological polar surface area (TPSA) is 49.9 Å². The molecule has 3 heterocycles. The van der Waals surface area contributed by atoms with Gasteiger partial charge in [-0.2, -0.15) is 0 Å². The second-order valence-electron chi connectivity index (χ2n) is 8.96. The van der Waals surface area contributed by atoms with Crippen molar-refractivity contribution in [3.8, 4) is 0 Å². The molecule has 2 aromatic rings. The van der Waals surface area contributed by atoms with Crippen LogP contribution in [0.1, 0.15) is 53.2 Å². The SMILES string of the molecule is Cc1cc(C(=O)N2CCC3(CC2)O[C@@H]2CC[C@@H](c4cc(F)cc(F)c4)N2C3=O)cc(I)c1I. The quantitative estimate of drug-likeness (QED) is 0.412. The van der Waals surface area contributed by atoms with Crippen LogP contribution in [0.3, 0.4) is 0 Å². The minimum atomic E-state index is -0.970. The highest BCUT2D eigenvalue weighted by atomic mass is 127. The van der Waals surface area contributed by atoms with Gasteiger partial charge in [-0.3, -0.25) is 9.59 Å². The summed E-state index contributed by atoms with van der Waals surface area (Å²) in [5, 5.41) is 0. The maximum Gasteiger partial charge on any atom is 0.257 e. The molecular formula is C24H22F2I2N2O3. The predicted molar refractivity (Wildman–Crippen MR) is 135 cm³/mol. The van der Waals surface area contributed by atoms with E-state index < -0.39 is 29.5 Å². The van der Waals surface area contributed by atoms with Crippen LogP contribution >= 0.6 is 45.2 Å². The van der Waals surface area contributed by atoms with Crippen molar-refractivity contribution in [2.24, 2.45) is 0 Å². The number of halogens is 4. The van der Waals surface area contributed by atoms with Gasteiger partial charge in [0.2, 0.25) is 0 Å². The summed E-state index contributed by atoms with van der Waals surface area (Å²) < 4.78 is 36.0. The highest BCUT2D eigenvalue weighted by Crippen LogP contribution is 2.47. The molecule has 9 heteroatoms. The Morgan fingerprint density at radius 3 is 2.36 bits per heavy atom. The average Bonchev–Trinajstić information content (AvgIpc) is 3.29. The Bertz CT molecular complexity index is 1110. The summed E-state index contributed by atoms with van der Waals surface area (Å²) in [6, 6.07) is 6.83. The van der Waals surface area contributed by atoms with E-state index in [9.17, 15) is 18.4 Å². The number of aryl methyl sites for hydroxylation is 1. The monoisotopic (exact) mass is 678 g/mol. The standard InChI is InChI=1S/C24H22F2I2N2O3/c1-13-8-15(11-18(27)21(13)28)22(31)29-6-4-24(5-7-29)23(32)30-19(2-3-20(30)33-24)14-9-16(25)12-17(26)10-14/h8-12,19-20H,2-7H2,1H3/t19-,20+/m0/s1. The zero-order valence-corrected chi connectivity index (χ0v) is 22.2. The van der Waals surface area contributed by atoms with E-state index in [0.717, 1.165) is 18.8 Å². The van der Waals surface area contributed by atoms with Crippen LogP contribution < -0.4 is 0 Å². The van der Waals surface area contributed by atoms with Gasteiger partial charge in [0.15, 0.2) is 5.60 Å². The Labute approximate surface area is 218 Å². The number of fused-ring (bicyclic) bond motifs is 1. The fourth-order valence-corrected chi connectivity index (χ4v) is 6.32. The first-order chi connectivity index (χ1) is 15.7. The average molecular weight is 678 g/mol. The Morgan fingerprint density at radius 2 is 1.73 bits per heavy atom. The van der Waals surface area contributed by atoms with Gasteiger partial charge in [0.1, 0.15) is 17.9 Å². The number of carbonyl (C=O) groups excluding carboxylic acids is 2. The van der Waals surface area contributed by atoms with Gasteiger partial charge in [0.05, 0.1) is 6.04 Å². The third-order valence-electron chi connectivity index (χ3n) is 6.90. The van der Waals surface area contributed by atoms with Crippen molar-refractivity contribution >= 4 is 57.0 Å². The Balaban J connectivity index is 1.31. The van der Waals surface area contributed by atoms with Crippen LogP contribution in [0.2, 0.25) is 0 Å². The number of hydrogen-bond donors (Lipinski definition) is 0. The van der Waals surface area contributed by atoms with Crippen LogP contribution in [0.15, 0.2) is 30.3 Å². The molecule has 0 N–H and O–H groups in total. The van der Waals surface area contributed by atoms with Crippen LogP contribution in [0.4, 0.5) is 8.78 Å². The van der Waals surface area contributed by atoms with Crippen LogP contribution in [0, 0.1) is 25.7 Å². The zero-order chi connectivity index (χ0) is 23.5. The molecule has 3 aliphatic rings. The lowest BCUT2D eigenvalue weighted by Gasteiger charge is -2.37. The number of ether oxygens (including phenoxy) is 1. The molecule has 5 rings (SSSR count). The van der Waals surface area contributed by atoms with Gasteiger partial charge in [-0.1, -0.05) is 0 Å². The third kappa shape index (κ3) is 4.07. The molecule has 174 valence electrons. The molecule has 0 aromatic heterocycles. The maximum atomic E-state index is 13.8. The minimum absolute atomic E-state index is 0.0404. The molecule has 33 heavy (non-hydrogen) atoms. The van der Waals surface area contributed by atoms with Crippen molar-refractivity contribution < 1.29 is 23.1 Å². The smallest absolute Gasteiger partial charge is 0.257 e. The van der Waals surface area contributed by atoms with Gasteiger partial charge in [-0.05, 0) is 100 Å². The van der Waals surface area contributed by atoms with Gasteiger partial charge in [0.25, 0.3) is 11.8 Å². The summed E-state index contributed by atoms with van der Waals surface area (Å²) in [5.74, 6) is -1.47. The Kier molecular flexibility index (Phi) is 6.17. The van der Waals surface area contributed by atoms with E-state index in [1.807, 2.05) is 19.1 Å². The lowest BCUT2D eigenvalue weighted by Crippen LogP contribution is -2.51. The first kappa shape index (κ1) is 23.4. The van der Waals surface area contributed by atoms with Gasteiger partial charge in [-0.25, -0.2) is 8.78 Å². The first-order valence-corrected chi connectivity index (χ1v) is 13.1. The molecular weight excluding hydrogens is 656 g/mol. The van der Waals surface area contributed by atoms with Crippen LogP contribution in [0.25, 0.3) is 0 Å². The molecule has 0 saturated carbocycles. The van der Waals surface area contributed by atoms with E-state index >= 15 is 0 Å². The van der Waals surface area contributed by atoms with E-state index in [1.54, 1.807) is 9.80 Å². The summed E-state index contributed by atoms with van der Waals surface area (Å²) in [7, 11) is 0. The maximum absolute atomic E-state index is 13.8. The number of nitrogens with zero attached hydrogens (tertiary/aromatic N) is 2. The number of rotatable bonds is 2. The molecule has 3 fully saturated rings. The highest BCUT2D eigenvalue weighted by molar-refractivity contribution is 14.1. The van der Waals surface area contributed by atoms with Gasteiger partial charge >= 0.3 is 0 Å². The largest absolute Gasteiger partial charge is 0.342 e. The van der Waals surface area contributed by atoms with Crippen molar-refractivity contribution in [1.29, 1.82) is 0 Å². The second kappa shape index (κ2) is 8.71. The molecule has 3 saturated heterocycles. The molecule has 0 radical (unpaired) electrons. The fraction of sp³-hybridized carbons (Fsp3) is 0.417.